The summed E-state index contributed by atoms with van der Waals surface area (Å²) in [6.45, 7) is 2.43. The molecule has 0 radical (unpaired) electrons. The standard InChI is InChI=1S/C22H25N3O4S/c1-14-4-6-18-15(10-14)11-16(21(27)23-18)13-25(8-9-26)22(30)24-19-7-5-17(28-2)12-20(19)29-3/h4-7,10-12,26H,8-9,13H2,1-3H3,(H,23,27)(H,24,30). The molecule has 0 aliphatic carbocycles. The molecule has 0 unspecified atom stereocenters. The molecule has 1 aromatic heterocycles. The number of pyridine rings is 1. The van der Waals surface area contributed by atoms with Crippen LogP contribution in [0.1, 0.15) is 11.1 Å². The molecule has 0 saturated heterocycles. The van der Waals surface area contributed by atoms with Gasteiger partial charge in [-0.1, -0.05) is 11.6 Å². The molecule has 1 heterocycles. The van der Waals surface area contributed by atoms with E-state index < -0.39 is 0 Å². The minimum absolute atomic E-state index is 0.105. The molecule has 8 heteroatoms. The number of aryl methyl sites for hydroxylation is 1. The van der Waals surface area contributed by atoms with Gasteiger partial charge in [-0.2, -0.15) is 0 Å². The normalized spacial score (nSPS) is 10.7. The first kappa shape index (κ1) is 21.6. The molecular formula is C22H25N3O4S. The van der Waals surface area contributed by atoms with E-state index in [-0.39, 0.29) is 25.3 Å². The van der Waals surface area contributed by atoms with Gasteiger partial charge >= 0.3 is 0 Å². The van der Waals surface area contributed by atoms with Gasteiger partial charge in [0.25, 0.3) is 5.56 Å². The quantitative estimate of drug-likeness (QED) is 0.500. The van der Waals surface area contributed by atoms with E-state index in [9.17, 15) is 9.90 Å². The summed E-state index contributed by atoms with van der Waals surface area (Å²) < 4.78 is 10.6. The Balaban J connectivity index is 1.85. The molecule has 158 valence electrons. The van der Waals surface area contributed by atoms with Crippen LogP contribution in [-0.2, 0) is 6.54 Å². The van der Waals surface area contributed by atoms with Gasteiger partial charge in [-0.05, 0) is 54.9 Å². The van der Waals surface area contributed by atoms with E-state index in [1.54, 1.807) is 37.3 Å². The van der Waals surface area contributed by atoms with Crippen LogP contribution in [0.2, 0.25) is 0 Å². The number of benzene rings is 2. The summed E-state index contributed by atoms with van der Waals surface area (Å²) in [6, 6.07) is 13.1. The van der Waals surface area contributed by atoms with Crippen LogP contribution in [0.4, 0.5) is 5.69 Å². The summed E-state index contributed by atoms with van der Waals surface area (Å²) in [5.41, 5.74) is 2.93. The summed E-state index contributed by atoms with van der Waals surface area (Å²) in [6.07, 6.45) is 0. The van der Waals surface area contributed by atoms with Gasteiger partial charge in [-0.15, -0.1) is 0 Å². The molecule has 0 aliphatic rings. The third kappa shape index (κ3) is 4.90. The first-order valence-corrected chi connectivity index (χ1v) is 9.87. The second-order valence-corrected chi connectivity index (χ2v) is 7.24. The van der Waals surface area contributed by atoms with Crippen molar-refractivity contribution < 1.29 is 14.6 Å². The van der Waals surface area contributed by atoms with Gasteiger partial charge in [0, 0.05) is 23.7 Å². The summed E-state index contributed by atoms with van der Waals surface area (Å²) in [5, 5.41) is 14.0. The fourth-order valence-corrected chi connectivity index (χ4v) is 3.43. The number of H-pyrrole nitrogens is 1. The Bertz CT molecular complexity index is 1110. The number of aromatic nitrogens is 1. The monoisotopic (exact) mass is 427 g/mol. The fourth-order valence-electron chi connectivity index (χ4n) is 3.16. The lowest BCUT2D eigenvalue weighted by Gasteiger charge is -2.25. The van der Waals surface area contributed by atoms with Crippen molar-refractivity contribution in [1.82, 2.24) is 9.88 Å². The number of aromatic amines is 1. The molecule has 30 heavy (non-hydrogen) atoms. The van der Waals surface area contributed by atoms with E-state index in [0.29, 0.717) is 27.9 Å². The van der Waals surface area contributed by atoms with Crippen molar-refractivity contribution in [3.8, 4) is 11.5 Å². The molecule has 0 atom stereocenters. The zero-order chi connectivity index (χ0) is 21.7. The SMILES string of the molecule is COc1ccc(NC(=S)N(CCO)Cc2cc3cc(C)ccc3[nH]c2=O)c(OC)c1. The number of fused-ring (bicyclic) bond motifs is 1. The number of ether oxygens (including phenoxy) is 2. The lowest BCUT2D eigenvalue weighted by molar-refractivity contribution is 0.248. The molecule has 0 aliphatic heterocycles. The maximum atomic E-state index is 12.6. The van der Waals surface area contributed by atoms with Crippen molar-refractivity contribution in [2.24, 2.45) is 0 Å². The van der Waals surface area contributed by atoms with Crippen molar-refractivity contribution >= 4 is 33.9 Å². The highest BCUT2D eigenvalue weighted by Gasteiger charge is 2.15. The van der Waals surface area contributed by atoms with Crippen LogP contribution >= 0.6 is 12.2 Å². The highest BCUT2D eigenvalue weighted by atomic mass is 32.1. The molecule has 3 rings (SSSR count). The lowest BCUT2D eigenvalue weighted by atomic mass is 10.1. The second kappa shape index (κ2) is 9.60. The van der Waals surface area contributed by atoms with Crippen LogP contribution in [0.15, 0.2) is 47.3 Å². The van der Waals surface area contributed by atoms with Crippen molar-refractivity contribution in [3.63, 3.8) is 0 Å². The van der Waals surface area contributed by atoms with Gasteiger partial charge in [-0.3, -0.25) is 4.79 Å². The summed E-state index contributed by atoms with van der Waals surface area (Å²) in [4.78, 5) is 17.2. The van der Waals surface area contributed by atoms with Gasteiger partial charge in [-0.25, -0.2) is 0 Å². The average Bonchev–Trinajstić information content (AvgIpc) is 2.74. The number of aliphatic hydroxyl groups is 1. The minimum Gasteiger partial charge on any atom is -0.497 e. The first-order chi connectivity index (χ1) is 14.4. The number of nitrogens with one attached hydrogen (secondary N) is 2. The van der Waals surface area contributed by atoms with Crippen LogP contribution < -0.4 is 20.3 Å². The maximum absolute atomic E-state index is 12.6. The predicted octanol–water partition coefficient (Wildman–Crippen LogP) is 3.05. The third-order valence-electron chi connectivity index (χ3n) is 4.75. The van der Waals surface area contributed by atoms with Gasteiger partial charge in [0.05, 0.1) is 33.1 Å². The third-order valence-corrected chi connectivity index (χ3v) is 5.11. The van der Waals surface area contributed by atoms with E-state index in [1.165, 1.54) is 0 Å². The van der Waals surface area contributed by atoms with E-state index in [4.69, 9.17) is 21.7 Å². The molecule has 2 aromatic carbocycles. The number of nitrogens with zero attached hydrogens (tertiary/aromatic N) is 1. The minimum atomic E-state index is -0.181. The molecule has 0 bridgehead atoms. The highest BCUT2D eigenvalue weighted by molar-refractivity contribution is 7.80. The largest absolute Gasteiger partial charge is 0.497 e. The van der Waals surface area contributed by atoms with Crippen molar-refractivity contribution in [3.05, 3.63) is 63.9 Å². The van der Waals surface area contributed by atoms with Crippen LogP contribution in [0, 0.1) is 6.92 Å². The number of methoxy groups -OCH3 is 2. The zero-order valence-corrected chi connectivity index (χ0v) is 18.0. The Morgan fingerprint density at radius 3 is 2.67 bits per heavy atom. The average molecular weight is 428 g/mol. The van der Waals surface area contributed by atoms with Crippen molar-refractivity contribution in [1.29, 1.82) is 0 Å². The topological polar surface area (TPSA) is 86.8 Å². The number of thiocarbonyl (C=S) groups is 1. The number of anilines is 1. The molecule has 0 fully saturated rings. The molecule has 0 spiro atoms. The molecule has 0 saturated carbocycles. The van der Waals surface area contributed by atoms with Gasteiger partial charge < -0.3 is 29.8 Å². The van der Waals surface area contributed by atoms with Gasteiger partial charge in [0.1, 0.15) is 11.5 Å². The zero-order valence-electron chi connectivity index (χ0n) is 17.2. The Hall–Kier alpha value is -3.10. The maximum Gasteiger partial charge on any atom is 0.253 e. The van der Waals surface area contributed by atoms with Crippen LogP contribution in [0.3, 0.4) is 0 Å². The van der Waals surface area contributed by atoms with E-state index in [2.05, 4.69) is 10.3 Å². The number of hydrogen-bond acceptors (Lipinski definition) is 5. The summed E-state index contributed by atoms with van der Waals surface area (Å²) in [7, 11) is 3.14. The predicted molar refractivity (Wildman–Crippen MR) is 123 cm³/mol. The van der Waals surface area contributed by atoms with E-state index in [1.807, 2.05) is 31.2 Å². The molecule has 7 nitrogen and oxygen atoms in total. The Labute approximate surface area is 180 Å². The number of hydrogen-bond donors (Lipinski definition) is 3. The Morgan fingerprint density at radius 1 is 1.17 bits per heavy atom. The molecule has 0 amide bonds. The Morgan fingerprint density at radius 2 is 1.97 bits per heavy atom. The summed E-state index contributed by atoms with van der Waals surface area (Å²) >= 11 is 5.56. The second-order valence-electron chi connectivity index (χ2n) is 6.86. The van der Waals surface area contributed by atoms with Crippen LogP contribution in [0.25, 0.3) is 10.9 Å². The van der Waals surface area contributed by atoms with Gasteiger partial charge in [0.15, 0.2) is 5.11 Å². The van der Waals surface area contributed by atoms with Crippen LogP contribution in [-0.4, -0.2) is 47.5 Å². The van der Waals surface area contributed by atoms with Gasteiger partial charge in [0.2, 0.25) is 0 Å². The molecule has 3 aromatic rings. The van der Waals surface area contributed by atoms with Crippen molar-refractivity contribution in [2.75, 3.05) is 32.7 Å². The smallest absolute Gasteiger partial charge is 0.253 e. The van der Waals surface area contributed by atoms with Crippen molar-refractivity contribution in [2.45, 2.75) is 13.5 Å². The fraction of sp³-hybridized carbons (Fsp3) is 0.273. The first-order valence-electron chi connectivity index (χ1n) is 9.46. The van der Waals surface area contributed by atoms with E-state index in [0.717, 1.165) is 16.5 Å². The molecular weight excluding hydrogens is 402 g/mol. The number of aliphatic hydroxyl groups excluding tert-OH is 1. The van der Waals surface area contributed by atoms with Crippen LogP contribution in [0.5, 0.6) is 11.5 Å². The number of rotatable bonds is 7. The lowest BCUT2D eigenvalue weighted by Crippen LogP contribution is -2.37. The highest BCUT2D eigenvalue weighted by Crippen LogP contribution is 2.29. The van der Waals surface area contributed by atoms with E-state index >= 15 is 0 Å². The molecule has 3 N–H and O–H groups in total. The summed E-state index contributed by atoms with van der Waals surface area (Å²) in [5.74, 6) is 1.23. The Kier molecular flexibility index (Phi) is 6.91.